The van der Waals surface area contributed by atoms with Crippen molar-refractivity contribution in [2.75, 3.05) is 0 Å². The van der Waals surface area contributed by atoms with E-state index in [1.54, 1.807) is 6.20 Å². The minimum Gasteiger partial charge on any atom is -0.543 e. The molecule has 0 aromatic carbocycles. The minimum absolute atomic E-state index is 0.207. The van der Waals surface area contributed by atoms with Crippen molar-refractivity contribution in [1.82, 2.24) is 4.98 Å². The molecule has 0 aliphatic carbocycles. The summed E-state index contributed by atoms with van der Waals surface area (Å²) in [5.41, 5.74) is 1.09. The third-order valence-corrected chi connectivity index (χ3v) is 8.35. The average Bonchev–Trinajstić information content (AvgIpc) is 2.37. The van der Waals surface area contributed by atoms with Gasteiger partial charge in [-0.1, -0.05) is 34.1 Å². The highest BCUT2D eigenvalue weighted by molar-refractivity contribution is 6.74. The zero-order valence-corrected chi connectivity index (χ0v) is 14.9. The maximum atomic E-state index is 6.50. The second-order valence-corrected chi connectivity index (χ2v) is 11.5. The molecule has 0 N–H and O–H groups in total. The molecule has 0 fully saturated rings. The molecular formula is C17H29NOSi. The Kier molecular flexibility index (Phi) is 6.00. The van der Waals surface area contributed by atoms with E-state index in [4.69, 9.17) is 4.43 Å². The van der Waals surface area contributed by atoms with Crippen LogP contribution < -0.4 is 0 Å². The molecule has 112 valence electrons. The first kappa shape index (κ1) is 17.0. The number of rotatable bonds is 6. The highest BCUT2D eigenvalue weighted by atomic mass is 28.4. The van der Waals surface area contributed by atoms with Crippen LogP contribution in [0.1, 0.15) is 52.5 Å². The fourth-order valence-electron chi connectivity index (χ4n) is 1.59. The Balaban J connectivity index is 2.98. The Morgan fingerprint density at radius 1 is 1.35 bits per heavy atom. The van der Waals surface area contributed by atoms with Crippen LogP contribution in [0, 0.1) is 0 Å². The van der Waals surface area contributed by atoms with E-state index in [1.807, 2.05) is 12.3 Å². The monoisotopic (exact) mass is 291 g/mol. The molecule has 0 spiro atoms. The molecule has 0 saturated carbocycles. The summed E-state index contributed by atoms with van der Waals surface area (Å²) in [6, 6.07) is 4.05. The fraction of sp³-hybridized carbons (Fsp3) is 0.588. The standard InChI is InChI=1S/C17H29NOSi/c1-7-8-9-12-16(15-11-10-13-18-14-15)19-20(5,6)17(2,3)4/h10-14H,7-9H2,1-6H3/b16-12-. The van der Waals surface area contributed by atoms with Gasteiger partial charge >= 0.3 is 0 Å². The number of unbranched alkanes of at least 4 members (excludes halogenated alkanes) is 2. The van der Waals surface area contributed by atoms with E-state index < -0.39 is 8.32 Å². The number of aromatic nitrogens is 1. The van der Waals surface area contributed by atoms with Crippen LogP contribution >= 0.6 is 0 Å². The summed E-state index contributed by atoms with van der Waals surface area (Å²) in [6.07, 6.45) is 9.41. The molecule has 0 amide bonds. The molecule has 0 saturated heterocycles. The second kappa shape index (κ2) is 7.07. The van der Waals surface area contributed by atoms with Crippen molar-refractivity contribution in [3.63, 3.8) is 0 Å². The minimum atomic E-state index is -1.81. The second-order valence-electron chi connectivity index (χ2n) is 6.81. The number of nitrogens with zero attached hydrogens (tertiary/aromatic N) is 1. The molecule has 1 aromatic heterocycles. The average molecular weight is 292 g/mol. The third-order valence-electron chi connectivity index (χ3n) is 4.00. The van der Waals surface area contributed by atoms with Crippen molar-refractivity contribution in [2.45, 2.75) is 65.1 Å². The largest absolute Gasteiger partial charge is 0.543 e. The fourth-order valence-corrected chi connectivity index (χ4v) is 2.65. The summed E-state index contributed by atoms with van der Waals surface area (Å²) in [5.74, 6) is 1.01. The van der Waals surface area contributed by atoms with E-state index in [-0.39, 0.29) is 5.04 Å². The Bertz CT molecular complexity index is 432. The molecule has 0 radical (unpaired) electrons. The molecular weight excluding hydrogens is 262 g/mol. The summed E-state index contributed by atoms with van der Waals surface area (Å²) in [4.78, 5) is 4.22. The van der Waals surface area contributed by atoms with Crippen molar-refractivity contribution in [3.8, 4) is 0 Å². The van der Waals surface area contributed by atoms with Gasteiger partial charge in [-0.3, -0.25) is 4.98 Å². The van der Waals surface area contributed by atoms with Crippen molar-refractivity contribution in [2.24, 2.45) is 0 Å². The number of hydrogen-bond donors (Lipinski definition) is 0. The third kappa shape index (κ3) is 4.78. The Hall–Kier alpha value is -1.09. The van der Waals surface area contributed by atoms with Crippen LogP contribution in [0.3, 0.4) is 0 Å². The van der Waals surface area contributed by atoms with E-state index in [9.17, 15) is 0 Å². The van der Waals surface area contributed by atoms with Gasteiger partial charge in [0.25, 0.3) is 0 Å². The first-order chi connectivity index (χ1) is 9.28. The van der Waals surface area contributed by atoms with Gasteiger partial charge < -0.3 is 4.43 Å². The van der Waals surface area contributed by atoms with Gasteiger partial charge in [-0.2, -0.15) is 0 Å². The van der Waals surface area contributed by atoms with Gasteiger partial charge in [-0.05, 0) is 49.2 Å². The van der Waals surface area contributed by atoms with Gasteiger partial charge in [-0.15, -0.1) is 0 Å². The van der Waals surface area contributed by atoms with Crippen molar-refractivity contribution in [1.29, 1.82) is 0 Å². The molecule has 1 rings (SSSR count). The van der Waals surface area contributed by atoms with E-state index >= 15 is 0 Å². The predicted molar refractivity (Wildman–Crippen MR) is 90.0 cm³/mol. The highest BCUT2D eigenvalue weighted by Crippen LogP contribution is 2.39. The van der Waals surface area contributed by atoms with Crippen molar-refractivity contribution < 1.29 is 4.43 Å². The Morgan fingerprint density at radius 2 is 2.05 bits per heavy atom. The molecule has 20 heavy (non-hydrogen) atoms. The molecule has 0 bridgehead atoms. The first-order valence-electron chi connectivity index (χ1n) is 7.57. The van der Waals surface area contributed by atoms with Crippen LogP contribution in [0.4, 0.5) is 0 Å². The molecule has 0 aliphatic rings. The van der Waals surface area contributed by atoms with Gasteiger partial charge in [-0.25, -0.2) is 0 Å². The lowest BCUT2D eigenvalue weighted by Gasteiger charge is -2.37. The van der Waals surface area contributed by atoms with E-state index in [0.717, 1.165) is 17.7 Å². The first-order valence-corrected chi connectivity index (χ1v) is 10.5. The summed E-state index contributed by atoms with van der Waals surface area (Å²) < 4.78 is 6.50. The topological polar surface area (TPSA) is 22.1 Å². The predicted octanol–water partition coefficient (Wildman–Crippen LogP) is 5.63. The normalized spacial score (nSPS) is 13.4. The molecule has 0 atom stereocenters. The van der Waals surface area contributed by atoms with Crippen LogP contribution in [0.25, 0.3) is 5.76 Å². The molecule has 3 heteroatoms. The lowest BCUT2D eigenvalue weighted by atomic mass is 10.2. The summed E-state index contributed by atoms with van der Waals surface area (Å²) in [7, 11) is -1.81. The SMILES string of the molecule is CCCC/C=C(\O[Si](C)(C)C(C)(C)C)c1cccnc1. The molecule has 1 heterocycles. The maximum absolute atomic E-state index is 6.50. The summed E-state index contributed by atoms with van der Waals surface area (Å²) >= 11 is 0. The highest BCUT2D eigenvalue weighted by Gasteiger charge is 2.39. The molecule has 1 aromatic rings. The van der Waals surface area contributed by atoms with Crippen molar-refractivity contribution in [3.05, 3.63) is 36.2 Å². The molecule has 2 nitrogen and oxygen atoms in total. The summed E-state index contributed by atoms with van der Waals surface area (Å²) in [5, 5.41) is 0.207. The summed E-state index contributed by atoms with van der Waals surface area (Å²) in [6.45, 7) is 13.6. The number of hydrogen-bond acceptors (Lipinski definition) is 2. The smallest absolute Gasteiger partial charge is 0.250 e. The van der Waals surface area contributed by atoms with E-state index in [0.29, 0.717) is 0 Å². The van der Waals surface area contributed by atoms with Crippen molar-refractivity contribution >= 4 is 14.1 Å². The van der Waals surface area contributed by atoms with Crippen LogP contribution in [0.15, 0.2) is 30.6 Å². The Labute approximate surface area is 125 Å². The molecule has 0 unspecified atom stereocenters. The van der Waals surface area contributed by atoms with Gasteiger partial charge in [0, 0.05) is 18.0 Å². The van der Waals surface area contributed by atoms with Gasteiger partial charge in [0.15, 0.2) is 0 Å². The quantitative estimate of drug-likeness (QED) is 0.385. The van der Waals surface area contributed by atoms with Gasteiger partial charge in [0.05, 0.1) is 0 Å². The van der Waals surface area contributed by atoms with E-state index in [2.05, 4.69) is 57.9 Å². The van der Waals surface area contributed by atoms with Crippen LogP contribution in [-0.4, -0.2) is 13.3 Å². The van der Waals surface area contributed by atoms with Gasteiger partial charge in [0.2, 0.25) is 8.32 Å². The van der Waals surface area contributed by atoms with E-state index in [1.165, 1.54) is 12.8 Å². The zero-order chi connectivity index (χ0) is 15.2. The van der Waals surface area contributed by atoms with Gasteiger partial charge in [0.1, 0.15) is 5.76 Å². The zero-order valence-electron chi connectivity index (χ0n) is 13.9. The number of pyridine rings is 1. The number of allylic oxidation sites excluding steroid dienone is 1. The lowest BCUT2D eigenvalue weighted by molar-refractivity contribution is 0.456. The lowest BCUT2D eigenvalue weighted by Crippen LogP contribution is -2.40. The molecule has 0 aliphatic heterocycles. The van der Waals surface area contributed by atoms with Crippen LogP contribution in [0.2, 0.25) is 18.1 Å². The van der Waals surface area contributed by atoms with Crippen LogP contribution in [-0.2, 0) is 4.43 Å². The van der Waals surface area contributed by atoms with Crippen LogP contribution in [0.5, 0.6) is 0 Å². The Morgan fingerprint density at radius 3 is 2.55 bits per heavy atom. The maximum Gasteiger partial charge on any atom is 0.250 e.